The van der Waals surface area contributed by atoms with E-state index in [0.717, 1.165) is 20.3 Å². The van der Waals surface area contributed by atoms with Crippen molar-refractivity contribution < 1.29 is 31.1 Å². The minimum Gasteiger partial charge on any atom is -0.476 e. The van der Waals surface area contributed by atoms with Gasteiger partial charge in [-0.25, -0.2) is 22.8 Å². The van der Waals surface area contributed by atoms with Gasteiger partial charge in [-0.2, -0.15) is 18.3 Å². The fourth-order valence-electron chi connectivity index (χ4n) is 5.07. The zero-order chi connectivity index (χ0) is 33.0. The number of aryl methyl sites for hydroxylation is 2. The molecular formula is C28H40F3N7O4SSi. The van der Waals surface area contributed by atoms with Gasteiger partial charge in [-0.05, 0) is 58.7 Å². The van der Waals surface area contributed by atoms with E-state index in [1.165, 1.54) is 46.9 Å². The van der Waals surface area contributed by atoms with E-state index in [2.05, 4.69) is 48.4 Å². The number of pyridine rings is 1. The van der Waals surface area contributed by atoms with Crippen LogP contribution in [0.2, 0.25) is 25.2 Å². The molecule has 0 aromatic carbocycles. The van der Waals surface area contributed by atoms with Crippen LogP contribution in [0.4, 0.5) is 19.0 Å². The molecule has 0 aliphatic carbocycles. The number of rotatable bonds is 9. The lowest BCUT2D eigenvalue weighted by atomic mass is 9.94. The van der Waals surface area contributed by atoms with Gasteiger partial charge < -0.3 is 9.64 Å². The molecule has 0 radical (unpaired) electrons. The second-order valence-electron chi connectivity index (χ2n) is 13.7. The Morgan fingerprint density at radius 3 is 2.36 bits per heavy atom. The van der Waals surface area contributed by atoms with Crippen LogP contribution >= 0.6 is 0 Å². The topological polar surface area (TPSA) is 124 Å². The van der Waals surface area contributed by atoms with Crippen molar-refractivity contribution in [3.05, 3.63) is 41.9 Å². The molecule has 1 amide bonds. The molecule has 3 aromatic heterocycles. The van der Waals surface area contributed by atoms with Gasteiger partial charge in [0, 0.05) is 45.7 Å². The molecule has 0 spiro atoms. The number of carbonyl (C=O) groups is 1. The predicted molar refractivity (Wildman–Crippen MR) is 162 cm³/mol. The highest BCUT2D eigenvalue weighted by atomic mass is 32.2. The van der Waals surface area contributed by atoms with Crippen LogP contribution in [0.25, 0.3) is 5.82 Å². The molecule has 1 aliphatic rings. The van der Waals surface area contributed by atoms with Gasteiger partial charge in [-0.15, -0.1) is 5.10 Å². The Labute approximate surface area is 256 Å². The molecule has 0 unspecified atom stereocenters. The Morgan fingerprint density at radius 2 is 1.82 bits per heavy atom. The minimum absolute atomic E-state index is 0.0225. The number of hydrogen-bond donors (Lipinski definition) is 1. The van der Waals surface area contributed by atoms with Gasteiger partial charge in [0.2, 0.25) is 5.88 Å². The number of nitrogens with one attached hydrogen (secondary N) is 1. The molecule has 11 nitrogen and oxygen atoms in total. The zero-order valence-electron chi connectivity index (χ0n) is 26.4. The number of amides is 1. The van der Waals surface area contributed by atoms with E-state index in [0.29, 0.717) is 12.1 Å². The van der Waals surface area contributed by atoms with Gasteiger partial charge >= 0.3 is 6.18 Å². The monoisotopic (exact) mass is 655 g/mol. The zero-order valence-corrected chi connectivity index (χ0v) is 28.3. The Hall–Kier alpha value is -3.40. The van der Waals surface area contributed by atoms with Crippen LogP contribution in [0.3, 0.4) is 0 Å². The number of aromatic nitrogens is 5. The summed E-state index contributed by atoms with van der Waals surface area (Å²) in [4.78, 5) is 20.3. The van der Waals surface area contributed by atoms with Crippen LogP contribution in [0.15, 0.2) is 35.5 Å². The van der Waals surface area contributed by atoms with Crippen molar-refractivity contribution in [3.8, 4) is 11.7 Å². The maximum absolute atomic E-state index is 13.6. The van der Waals surface area contributed by atoms with Gasteiger partial charge in [0.05, 0.1) is 16.7 Å². The van der Waals surface area contributed by atoms with Crippen molar-refractivity contribution >= 4 is 29.8 Å². The second-order valence-corrected chi connectivity index (χ2v) is 20.9. The molecule has 4 heterocycles. The molecule has 1 atom stereocenters. The molecule has 1 saturated heterocycles. The molecule has 0 bridgehead atoms. The van der Waals surface area contributed by atoms with Crippen LogP contribution < -0.4 is 14.4 Å². The van der Waals surface area contributed by atoms with E-state index in [9.17, 15) is 26.4 Å². The molecule has 3 aromatic rings. The molecule has 1 N–H and O–H groups in total. The van der Waals surface area contributed by atoms with Crippen molar-refractivity contribution in [3.63, 3.8) is 0 Å². The molecule has 0 saturated carbocycles. The van der Waals surface area contributed by atoms with E-state index < -0.39 is 47.7 Å². The Balaban J connectivity index is 1.72. The average molecular weight is 656 g/mol. The third-order valence-corrected chi connectivity index (χ3v) is 12.4. The predicted octanol–water partition coefficient (Wildman–Crippen LogP) is 5.09. The Kier molecular flexibility index (Phi) is 8.52. The second kappa shape index (κ2) is 11.2. The molecule has 1 aliphatic heterocycles. The maximum Gasteiger partial charge on any atom is 0.397 e. The van der Waals surface area contributed by atoms with E-state index in [-0.39, 0.29) is 33.7 Å². The normalized spacial score (nSPS) is 17.6. The highest BCUT2D eigenvalue weighted by Gasteiger charge is 2.48. The quantitative estimate of drug-likeness (QED) is 0.316. The number of ether oxygens (including phenoxy) is 1. The van der Waals surface area contributed by atoms with Gasteiger partial charge in [0.1, 0.15) is 17.3 Å². The largest absolute Gasteiger partial charge is 0.476 e. The summed E-state index contributed by atoms with van der Waals surface area (Å²) in [5.41, 5.74) is -1.82. The smallest absolute Gasteiger partial charge is 0.397 e. The molecule has 242 valence electrons. The number of carbonyl (C=O) groups excluding carboxylic acids is 1. The summed E-state index contributed by atoms with van der Waals surface area (Å²) >= 11 is 0. The summed E-state index contributed by atoms with van der Waals surface area (Å²) in [6.45, 7) is 14.6. The number of alkyl halides is 3. The summed E-state index contributed by atoms with van der Waals surface area (Å²) < 4.78 is 76.4. The highest BCUT2D eigenvalue weighted by molar-refractivity contribution is 7.90. The molecule has 4 rings (SSSR count). The first-order chi connectivity index (χ1) is 20.0. The SMILES string of the molecule is Cc1nn(C)cc1S(=O)(=O)NC(=O)c1ccc(-n2ccc(OCC(C)(C)C(F)(F)F)n2)nc1N1C[C@H]([Si](C)(C)C)CC1(C)C. The van der Waals surface area contributed by atoms with Gasteiger partial charge in [-0.1, -0.05) is 19.6 Å². The van der Waals surface area contributed by atoms with Crippen LogP contribution in [0, 0.1) is 12.3 Å². The lowest BCUT2D eigenvalue weighted by Gasteiger charge is -2.34. The number of nitrogens with zero attached hydrogens (tertiary/aromatic N) is 6. The molecule has 16 heteroatoms. The summed E-state index contributed by atoms with van der Waals surface area (Å²) in [6.07, 6.45) is -0.778. The minimum atomic E-state index is -4.46. The summed E-state index contributed by atoms with van der Waals surface area (Å²) in [5.74, 6) is -0.320. The van der Waals surface area contributed by atoms with E-state index >= 15 is 0 Å². The van der Waals surface area contributed by atoms with Crippen LogP contribution in [0.1, 0.15) is 50.2 Å². The highest BCUT2D eigenvalue weighted by Crippen LogP contribution is 2.44. The third-order valence-electron chi connectivity index (χ3n) is 8.10. The molecular weight excluding hydrogens is 616 g/mol. The first-order valence-electron chi connectivity index (χ1n) is 14.1. The van der Waals surface area contributed by atoms with Crippen molar-refractivity contribution in [2.45, 2.75) is 82.8 Å². The lowest BCUT2D eigenvalue weighted by Crippen LogP contribution is -2.41. The fraction of sp³-hybridized carbons (Fsp3) is 0.571. The summed E-state index contributed by atoms with van der Waals surface area (Å²) in [6, 6.07) is 4.40. The standard InChI is InChI=1S/C28H40F3N7O4SSi/c1-18-21(16-36(6)33-18)43(40,41)35-25(39)20-10-11-22(32-24(20)37-15-19(44(7,8)9)14-27(37,4)5)38-13-12-23(34-38)42-17-26(2,3)28(29,30)31/h10-13,16,19H,14-15,17H2,1-9H3,(H,35,39)/t19-/m1/s1. The Morgan fingerprint density at radius 1 is 1.16 bits per heavy atom. The van der Waals surface area contributed by atoms with Crippen LogP contribution in [-0.2, 0) is 17.1 Å². The third kappa shape index (κ3) is 6.80. The van der Waals surface area contributed by atoms with Gasteiger partial charge in [0.15, 0.2) is 5.82 Å². The van der Waals surface area contributed by atoms with Crippen LogP contribution in [-0.4, -0.2) is 71.8 Å². The van der Waals surface area contributed by atoms with Crippen molar-refractivity contribution in [1.82, 2.24) is 29.3 Å². The lowest BCUT2D eigenvalue weighted by molar-refractivity contribution is -0.219. The summed E-state index contributed by atoms with van der Waals surface area (Å²) in [7, 11) is -4.28. The summed E-state index contributed by atoms with van der Waals surface area (Å²) in [5, 5.41) is 8.32. The Bertz CT molecular complexity index is 1660. The van der Waals surface area contributed by atoms with Crippen molar-refractivity contribution in [2.24, 2.45) is 12.5 Å². The average Bonchev–Trinajstić information content (AvgIpc) is 3.57. The van der Waals surface area contributed by atoms with Crippen LogP contribution in [0.5, 0.6) is 5.88 Å². The molecule has 44 heavy (non-hydrogen) atoms. The first kappa shape index (κ1) is 33.5. The van der Waals surface area contributed by atoms with E-state index in [1.807, 2.05) is 4.90 Å². The number of hydrogen-bond acceptors (Lipinski definition) is 8. The van der Waals surface area contributed by atoms with Crippen molar-refractivity contribution in [2.75, 3.05) is 18.1 Å². The van der Waals surface area contributed by atoms with Crippen molar-refractivity contribution in [1.29, 1.82) is 0 Å². The first-order valence-corrected chi connectivity index (χ1v) is 19.2. The fourth-order valence-corrected chi connectivity index (χ4v) is 8.10. The van der Waals surface area contributed by atoms with Gasteiger partial charge in [0.25, 0.3) is 15.9 Å². The number of halogens is 3. The number of anilines is 1. The van der Waals surface area contributed by atoms with Gasteiger partial charge in [-0.3, -0.25) is 9.48 Å². The number of sulfonamides is 1. The molecule has 1 fully saturated rings. The maximum atomic E-state index is 13.6. The van der Waals surface area contributed by atoms with E-state index in [1.54, 1.807) is 7.05 Å². The van der Waals surface area contributed by atoms with E-state index in [4.69, 9.17) is 9.72 Å².